The van der Waals surface area contributed by atoms with E-state index in [0.717, 1.165) is 0 Å². The van der Waals surface area contributed by atoms with Gasteiger partial charge in [0, 0.05) is 16.7 Å². The van der Waals surface area contributed by atoms with Crippen molar-refractivity contribution in [1.29, 1.82) is 0 Å². The molecule has 0 bridgehead atoms. The van der Waals surface area contributed by atoms with Crippen molar-refractivity contribution in [2.45, 2.75) is 6.04 Å². The topological polar surface area (TPSA) is 78.4 Å². The van der Waals surface area contributed by atoms with Crippen molar-refractivity contribution < 1.29 is 14.7 Å². The molecule has 1 aliphatic rings. The van der Waals surface area contributed by atoms with E-state index in [2.05, 4.69) is 10.6 Å². The minimum Gasteiger partial charge on any atom is -0.478 e. The van der Waals surface area contributed by atoms with Crippen LogP contribution in [0.15, 0.2) is 12.1 Å². The van der Waals surface area contributed by atoms with Gasteiger partial charge in [-0.05, 0) is 12.1 Å². The van der Waals surface area contributed by atoms with Crippen molar-refractivity contribution in [3.63, 3.8) is 0 Å². The molecule has 1 aromatic carbocycles. The van der Waals surface area contributed by atoms with Crippen LogP contribution in [0.5, 0.6) is 0 Å². The smallest absolute Gasteiger partial charge is 0.337 e. The Balaban J connectivity index is 2.28. The van der Waals surface area contributed by atoms with Gasteiger partial charge in [0.2, 0.25) is 5.91 Å². The Morgan fingerprint density at radius 2 is 2.16 bits per heavy atom. The molecule has 5 nitrogen and oxygen atoms in total. The van der Waals surface area contributed by atoms with Crippen molar-refractivity contribution >= 4 is 52.5 Å². The summed E-state index contributed by atoms with van der Waals surface area (Å²) in [7, 11) is 0. The first-order chi connectivity index (χ1) is 8.99. The number of halogens is 2. The molecule has 1 aliphatic heterocycles. The molecule has 0 aromatic heterocycles. The molecule has 102 valence electrons. The number of hydrogen-bond donors (Lipinski definition) is 3. The zero-order valence-corrected chi connectivity index (χ0v) is 11.9. The molecule has 0 aliphatic carbocycles. The molecule has 3 N–H and O–H groups in total. The summed E-state index contributed by atoms with van der Waals surface area (Å²) in [5, 5.41) is 14.9. The van der Waals surface area contributed by atoms with Gasteiger partial charge in [0.05, 0.1) is 22.3 Å². The Morgan fingerprint density at radius 3 is 2.74 bits per heavy atom. The van der Waals surface area contributed by atoms with Crippen LogP contribution in [0.3, 0.4) is 0 Å². The summed E-state index contributed by atoms with van der Waals surface area (Å²) in [4.78, 5) is 23.1. The number of carbonyl (C=O) groups excluding carboxylic acids is 1. The van der Waals surface area contributed by atoms with E-state index in [1.807, 2.05) is 0 Å². The first kappa shape index (κ1) is 14.5. The van der Waals surface area contributed by atoms with E-state index in [4.69, 9.17) is 28.3 Å². The van der Waals surface area contributed by atoms with Crippen molar-refractivity contribution in [1.82, 2.24) is 5.32 Å². The van der Waals surface area contributed by atoms with E-state index in [1.54, 1.807) is 11.8 Å². The molecule has 1 fully saturated rings. The maximum atomic E-state index is 12.0. The summed E-state index contributed by atoms with van der Waals surface area (Å²) in [5.41, 5.74) is -0.0567. The third kappa shape index (κ3) is 3.33. The lowest BCUT2D eigenvalue weighted by atomic mass is 10.1. The minimum absolute atomic E-state index is 0.0715. The maximum absolute atomic E-state index is 12.0. The predicted molar refractivity (Wildman–Crippen MR) is 76.3 cm³/mol. The number of thioether (sulfide) groups is 1. The minimum atomic E-state index is -1.20. The van der Waals surface area contributed by atoms with Gasteiger partial charge in [-0.2, -0.15) is 0 Å². The van der Waals surface area contributed by atoms with Gasteiger partial charge in [0.25, 0.3) is 0 Å². The second kappa shape index (κ2) is 6.00. The second-order valence-corrected chi connectivity index (χ2v) is 5.75. The molecule has 0 radical (unpaired) electrons. The highest BCUT2D eigenvalue weighted by molar-refractivity contribution is 7.99. The maximum Gasteiger partial charge on any atom is 0.337 e. The third-order valence-electron chi connectivity index (χ3n) is 2.57. The van der Waals surface area contributed by atoms with Gasteiger partial charge in [-0.15, -0.1) is 11.8 Å². The largest absolute Gasteiger partial charge is 0.478 e. The first-order valence-corrected chi connectivity index (χ1v) is 7.24. The van der Waals surface area contributed by atoms with E-state index < -0.39 is 5.97 Å². The van der Waals surface area contributed by atoms with Gasteiger partial charge >= 0.3 is 5.97 Å². The molecule has 2 rings (SSSR count). The molecule has 1 atom stereocenters. The Morgan fingerprint density at radius 1 is 1.42 bits per heavy atom. The average molecular weight is 321 g/mol. The number of carbonyl (C=O) groups is 2. The average Bonchev–Trinajstić information content (AvgIpc) is 2.85. The molecule has 0 saturated carbocycles. The van der Waals surface area contributed by atoms with Crippen LogP contribution in [0.1, 0.15) is 10.4 Å². The summed E-state index contributed by atoms with van der Waals surface area (Å²) in [6, 6.07) is 2.29. The summed E-state index contributed by atoms with van der Waals surface area (Å²) >= 11 is 13.3. The predicted octanol–water partition coefficient (Wildman–Crippen LogP) is 2.29. The lowest BCUT2D eigenvalue weighted by Crippen LogP contribution is -2.37. The summed E-state index contributed by atoms with van der Waals surface area (Å²) in [6.07, 6.45) is 0. The van der Waals surface area contributed by atoms with Crippen molar-refractivity contribution in [2.75, 3.05) is 16.9 Å². The highest BCUT2D eigenvalue weighted by Gasteiger charge is 2.25. The molecular weight excluding hydrogens is 311 g/mol. The fourth-order valence-electron chi connectivity index (χ4n) is 1.64. The number of amides is 1. The number of carboxylic acid groups (broad SMARTS) is 1. The fraction of sp³-hybridized carbons (Fsp3) is 0.273. The molecular formula is C11H10Cl2N2O3S. The van der Waals surface area contributed by atoms with E-state index in [9.17, 15) is 9.59 Å². The number of rotatable bonds is 3. The number of aromatic carboxylic acids is 1. The van der Waals surface area contributed by atoms with Crippen LogP contribution >= 0.6 is 35.0 Å². The SMILES string of the molecule is O=C(O)c1cc(Cl)cc(Cl)c1NC(=O)C1CSCN1. The molecule has 1 aromatic rings. The molecule has 1 amide bonds. The molecule has 1 saturated heterocycles. The zero-order chi connectivity index (χ0) is 14.0. The highest BCUT2D eigenvalue weighted by Crippen LogP contribution is 2.30. The second-order valence-electron chi connectivity index (χ2n) is 3.88. The molecule has 1 unspecified atom stereocenters. The van der Waals surface area contributed by atoms with E-state index in [0.29, 0.717) is 11.6 Å². The first-order valence-electron chi connectivity index (χ1n) is 5.33. The van der Waals surface area contributed by atoms with Crippen LogP contribution in [0.4, 0.5) is 5.69 Å². The van der Waals surface area contributed by atoms with Crippen LogP contribution in [-0.4, -0.2) is 34.7 Å². The van der Waals surface area contributed by atoms with Crippen molar-refractivity contribution in [2.24, 2.45) is 0 Å². The van der Waals surface area contributed by atoms with E-state index in [-0.39, 0.29) is 33.2 Å². The Labute approximate surface area is 123 Å². The Kier molecular flexibility index (Phi) is 4.57. The standard InChI is InChI=1S/C11H10Cl2N2O3S/c12-5-1-6(11(17)18)9(7(13)2-5)15-10(16)8-3-19-4-14-8/h1-2,8,14H,3-4H2,(H,15,16)(H,17,18). The molecule has 0 spiro atoms. The van der Waals surface area contributed by atoms with Crippen LogP contribution in [0.2, 0.25) is 10.0 Å². The Hall–Kier alpha value is -0.950. The lowest BCUT2D eigenvalue weighted by molar-refractivity contribution is -0.117. The molecule has 8 heteroatoms. The number of hydrogen-bond acceptors (Lipinski definition) is 4. The number of carboxylic acids is 1. The summed E-state index contributed by atoms with van der Waals surface area (Å²) < 4.78 is 0. The van der Waals surface area contributed by atoms with Gasteiger partial charge < -0.3 is 10.4 Å². The summed E-state index contributed by atoms with van der Waals surface area (Å²) in [5.74, 6) is -0.178. The normalized spacial score (nSPS) is 18.3. The number of benzene rings is 1. The van der Waals surface area contributed by atoms with Gasteiger partial charge in [-0.1, -0.05) is 23.2 Å². The van der Waals surface area contributed by atoms with E-state index >= 15 is 0 Å². The number of nitrogens with one attached hydrogen (secondary N) is 2. The quantitative estimate of drug-likeness (QED) is 0.796. The fourth-order valence-corrected chi connectivity index (χ4v) is 3.13. The highest BCUT2D eigenvalue weighted by atomic mass is 35.5. The van der Waals surface area contributed by atoms with Gasteiger partial charge in [-0.3, -0.25) is 10.1 Å². The van der Waals surface area contributed by atoms with Gasteiger partial charge in [0.15, 0.2) is 0 Å². The van der Waals surface area contributed by atoms with E-state index in [1.165, 1.54) is 12.1 Å². The zero-order valence-electron chi connectivity index (χ0n) is 9.57. The molecule has 1 heterocycles. The van der Waals surface area contributed by atoms with Crippen LogP contribution < -0.4 is 10.6 Å². The Bertz CT molecular complexity index is 533. The van der Waals surface area contributed by atoms with Crippen LogP contribution in [-0.2, 0) is 4.79 Å². The van der Waals surface area contributed by atoms with Gasteiger partial charge in [0.1, 0.15) is 0 Å². The van der Waals surface area contributed by atoms with Crippen LogP contribution in [0, 0.1) is 0 Å². The van der Waals surface area contributed by atoms with Crippen LogP contribution in [0.25, 0.3) is 0 Å². The van der Waals surface area contributed by atoms with Crippen molar-refractivity contribution in [3.05, 3.63) is 27.7 Å². The van der Waals surface area contributed by atoms with Gasteiger partial charge in [-0.25, -0.2) is 4.79 Å². The third-order valence-corrected chi connectivity index (χ3v) is 4.02. The lowest BCUT2D eigenvalue weighted by Gasteiger charge is -2.14. The monoisotopic (exact) mass is 320 g/mol. The molecule has 19 heavy (non-hydrogen) atoms. The number of anilines is 1. The van der Waals surface area contributed by atoms with Crippen molar-refractivity contribution in [3.8, 4) is 0 Å². The summed E-state index contributed by atoms with van der Waals surface area (Å²) in [6.45, 7) is 0.